The zero-order valence-corrected chi connectivity index (χ0v) is 18.2. The maximum atomic E-state index is 12.6. The van der Waals surface area contributed by atoms with Crippen LogP contribution in [-0.2, 0) is 9.53 Å². The quantitative estimate of drug-likeness (QED) is 0.614. The second-order valence-electron chi connectivity index (χ2n) is 6.98. The average Bonchev–Trinajstić information content (AvgIpc) is 3.23. The van der Waals surface area contributed by atoms with E-state index in [0.29, 0.717) is 40.2 Å². The van der Waals surface area contributed by atoms with Gasteiger partial charge in [-0.2, -0.15) is 0 Å². The van der Waals surface area contributed by atoms with Crippen molar-refractivity contribution in [1.82, 2.24) is 0 Å². The Balaban J connectivity index is 1.65. The van der Waals surface area contributed by atoms with E-state index in [2.05, 4.69) is 26.6 Å². The molecular formula is C22H25BrN2O4. The predicted molar refractivity (Wildman–Crippen MR) is 117 cm³/mol. The summed E-state index contributed by atoms with van der Waals surface area (Å²) in [6, 6.07) is 10.7. The van der Waals surface area contributed by atoms with Crippen LogP contribution in [0.25, 0.3) is 0 Å². The van der Waals surface area contributed by atoms with Crippen LogP contribution in [0.15, 0.2) is 40.9 Å². The van der Waals surface area contributed by atoms with Crippen LogP contribution in [0, 0.1) is 6.92 Å². The predicted octanol–water partition coefficient (Wildman–Crippen LogP) is 4.92. The average molecular weight is 461 g/mol. The van der Waals surface area contributed by atoms with Gasteiger partial charge in [0.15, 0.2) is 0 Å². The number of aryl methyl sites for hydroxylation is 1. The van der Waals surface area contributed by atoms with Crippen molar-refractivity contribution in [2.75, 3.05) is 23.8 Å². The molecule has 0 spiro atoms. The van der Waals surface area contributed by atoms with Crippen molar-refractivity contribution in [1.29, 1.82) is 0 Å². The van der Waals surface area contributed by atoms with Crippen molar-refractivity contribution in [3.8, 4) is 5.75 Å². The molecule has 0 aromatic heterocycles. The Morgan fingerprint density at radius 3 is 2.72 bits per heavy atom. The van der Waals surface area contributed by atoms with Crippen molar-refractivity contribution in [3.63, 3.8) is 0 Å². The summed E-state index contributed by atoms with van der Waals surface area (Å²) in [5.74, 6) is 0.365. The van der Waals surface area contributed by atoms with E-state index in [-0.39, 0.29) is 17.9 Å². The van der Waals surface area contributed by atoms with Gasteiger partial charge in [0.2, 0.25) is 5.91 Å². The molecule has 2 amide bonds. The molecule has 2 aromatic rings. The van der Waals surface area contributed by atoms with Crippen LogP contribution < -0.4 is 15.4 Å². The lowest BCUT2D eigenvalue weighted by molar-refractivity contribution is -0.115. The van der Waals surface area contributed by atoms with Gasteiger partial charge in [-0.1, -0.05) is 13.0 Å². The standard InChI is InChI=1S/C22H25BrN2O4/c1-3-21(26)25-19-12-16(8-6-14(19)2)24-22(27)15-7-9-20(18(23)11-15)29-13-17-5-4-10-28-17/h6-9,11-12,17H,3-5,10,13H2,1-2H3,(H,24,27)(H,25,26). The fraction of sp³-hybridized carbons (Fsp3) is 0.364. The molecule has 1 saturated heterocycles. The number of nitrogens with one attached hydrogen (secondary N) is 2. The van der Waals surface area contributed by atoms with Gasteiger partial charge >= 0.3 is 0 Å². The zero-order valence-electron chi connectivity index (χ0n) is 16.6. The molecule has 0 bridgehead atoms. The molecule has 1 fully saturated rings. The summed E-state index contributed by atoms with van der Waals surface area (Å²) in [5, 5.41) is 5.71. The highest BCUT2D eigenvalue weighted by Gasteiger charge is 2.17. The molecule has 1 aliphatic rings. The third-order valence-electron chi connectivity index (χ3n) is 4.73. The molecule has 0 radical (unpaired) electrons. The van der Waals surface area contributed by atoms with E-state index >= 15 is 0 Å². The number of hydrogen-bond acceptors (Lipinski definition) is 4. The highest BCUT2D eigenvalue weighted by atomic mass is 79.9. The fourth-order valence-electron chi connectivity index (χ4n) is 2.99. The summed E-state index contributed by atoms with van der Waals surface area (Å²) in [5.41, 5.74) is 2.73. The van der Waals surface area contributed by atoms with Gasteiger partial charge in [0, 0.05) is 30.0 Å². The number of carbonyl (C=O) groups excluding carboxylic acids is 2. The Morgan fingerprint density at radius 2 is 2.03 bits per heavy atom. The molecule has 154 valence electrons. The number of hydrogen-bond donors (Lipinski definition) is 2. The van der Waals surface area contributed by atoms with E-state index in [9.17, 15) is 9.59 Å². The van der Waals surface area contributed by atoms with E-state index in [4.69, 9.17) is 9.47 Å². The van der Waals surface area contributed by atoms with E-state index in [0.717, 1.165) is 25.0 Å². The van der Waals surface area contributed by atoms with E-state index in [1.807, 2.05) is 19.1 Å². The van der Waals surface area contributed by atoms with Gasteiger partial charge in [0.05, 0.1) is 10.6 Å². The number of amides is 2. The third-order valence-corrected chi connectivity index (χ3v) is 5.35. The molecule has 2 N–H and O–H groups in total. The van der Waals surface area contributed by atoms with Crippen LogP contribution in [0.1, 0.15) is 42.1 Å². The van der Waals surface area contributed by atoms with Crippen LogP contribution in [0.2, 0.25) is 0 Å². The van der Waals surface area contributed by atoms with Crippen molar-refractivity contribution in [2.24, 2.45) is 0 Å². The van der Waals surface area contributed by atoms with Gasteiger partial charge in [0.1, 0.15) is 12.4 Å². The van der Waals surface area contributed by atoms with Gasteiger partial charge in [0.25, 0.3) is 5.91 Å². The number of benzene rings is 2. The molecule has 0 saturated carbocycles. The van der Waals surface area contributed by atoms with E-state index < -0.39 is 0 Å². The van der Waals surface area contributed by atoms with Gasteiger partial charge in [-0.3, -0.25) is 9.59 Å². The van der Waals surface area contributed by atoms with Crippen molar-refractivity contribution in [2.45, 2.75) is 39.2 Å². The molecule has 0 aliphatic carbocycles. The third kappa shape index (κ3) is 5.81. The first-order valence-corrected chi connectivity index (χ1v) is 10.5. The summed E-state index contributed by atoms with van der Waals surface area (Å²) in [6.45, 7) is 4.99. The number of carbonyl (C=O) groups is 2. The van der Waals surface area contributed by atoms with E-state index in [1.54, 1.807) is 31.2 Å². The topological polar surface area (TPSA) is 76.7 Å². The first kappa shape index (κ1) is 21.3. The molecule has 1 aliphatic heterocycles. The summed E-state index contributed by atoms with van der Waals surface area (Å²) in [6.07, 6.45) is 2.60. The number of ether oxygens (including phenoxy) is 2. The fourth-order valence-corrected chi connectivity index (χ4v) is 3.49. The Labute approximate surface area is 179 Å². The smallest absolute Gasteiger partial charge is 0.255 e. The van der Waals surface area contributed by atoms with E-state index in [1.165, 1.54) is 0 Å². The summed E-state index contributed by atoms with van der Waals surface area (Å²) in [7, 11) is 0. The Bertz CT molecular complexity index is 894. The van der Waals surface area contributed by atoms with Gasteiger partial charge < -0.3 is 20.1 Å². The maximum Gasteiger partial charge on any atom is 0.255 e. The summed E-state index contributed by atoms with van der Waals surface area (Å²) < 4.78 is 12.1. The second-order valence-corrected chi connectivity index (χ2v) is 7.83. The number of halogens is 1. The minimum absolute atomic E-state index is 0.0703. The molecule has 1 unspecified atom stereocenters. The molecule has 1 heterocycles. The Kier molecular flexibility index (Phi) is 7.28. The number of anilines is 2. The molecule has 1 atom stereocenters. The van der Waals surface area contributed by atoms with Gasteiger partial charge in [-0.25, -0.2) is 0 Å². The lowest BCUT2D eigenvalue weighted by Gasteiger charge is -2.14. The molecule has 6 nitrogen and oxygen atoms in total. The molecule has 3 rings (SSSR count). The summed E-state index contributed by atoms with van der Waals surface area (Å²) >= 11 is 3.47. The SMILES string of the molecule is CCC(=O)Nc1cc(NC(=O)c2ccc(OCC3CCCO3)c(Br)c2)ccc1C. The number of rotatable bonds is 7. The first-order valence-electron chi connectivity index (χ1n) is 9.72. The first-order chi connectivity index (χ1) is 14.0. The van der Waals surface area contributed by atoms with Gasteiger partial charge in [-0.15, -0.1) is 0 Å². The minimum Gasteiger partial charge on any atom is -0.490 e. The Hall–Kier alpha value is -2.38. The largest absolute Gasteiger partial charge is 0.490 e. The van der Waals surface area contributed by atoms with Crippen molar-refractivity contribution < 1.29 is 19.1 Å². The summed E-state index contributed by atoms with van der Waals surface area (Å²) in [4.78, 5) is 24.3. The van der Waals surface area contributed by atoms with Crippen molar-refractivity contribution >= 4 is 39.1 Å². The highest BCUT2D eigenvalue weighted by molar-refractivity contribution is 9.10. The monoisotopic (exact) mass is 460 g/mol. The molecule has 2 aromatic carbocycles. The zero-order chi connectivity index (χ0) is 20.8. The van der Waals surface area contributed by atoms with Gasteiger partial charge in [-0.05, 0) is 71.6 Å². The highest BCUT2D eigenvalue weighted by Crippen LogP contribution is 2.28. The lowest BCUT2D eigenvalue weighted by atomic mass is 10.1. The molecule has 29 heavy (non-hydrogen) atoms. The minimum atomic E-state index is -0.243. The van der Waals surface area contributed by atoms with Crippen LogP contribution in [0.5, 0.6) is 5.75 Å². The van der Waals surface area contributed by atoms with Crippen molar-refractivity contribution in [3.05, 3.63) is 52.0 Å². The second kappa shape index (κ2) is 9.89. The van der Waals surface area contributed by atoms with Crippen LogP contribution in [0.3, 0.4) is 0 Å². The van der Waals surface area contributed by atoms with Crippen LogP contribution >= 0.6 is 15.9 Å². The maximum absolute atomic E-state index is 12.6. The lowest BCUT2D eigenvalue weighted by Crippen LogP contribution is -2.17. The Morgan fingerprint density at radius 1 is 1.21 bits per heavy atom. The van der Waals surface area contributed by atoms with Crippen LogP contribution in [0.4, 0.5) is 11.4 Å². The molecule has 7 heteroatoms. The normalized spacial score (nSPS) is 15.8. The molecular weight excluding hydrogens is 436 g/mol. The van der Waals surface area contributed by atoms with Crippen LogP contribution in [-0.4, -0.2) is 31.1 Å².